The van der Waals surface area contributed by atoms with Gasteiger partial charge in [-0.2, -0.15) is 0 Å². The van der Waals surface area contributed by atoms with Crippen LogP contribution in [0.2, 0.25) is 0 Å². The largest absolute Gasteiger partial charge is 0.343 e. The Morgan fingerprint density at radius 1 is 1.06 bits per heavy atom. The normalized spacial score (nSPS) is 20.2. The van der Waals surface area contributed by atoms with E-state index in [4.69, 9.17) is 4.99 Å². The Morgan fingerprint density at radius 3 is 2.42 bits per heavy atom. The van der Waals surface area contributed by atoms with Crippen molar-refractivity contribution >= 4 is 40.9 Å². The molecule has 1 saturated carbocycles. The summed E-state index contributed by atoms with van der Waals surface area (Å²) in [5.41, 5.74) is 3.42. The molecule has 1 aliphatic heterocycles. The van der Waals surface area contributed by atoms with Crippen LogP contribution in [0, 0.1) is 0 Å². The highest BCUT2D eigenvalue weighted by Gasteiger charge is 2.32. The topological polar surface area (TPSA) is 44.7 Å². The lowest BCUT2D eigenvalue weighted by Gasteiger charge is -2.27. The molecule has 0 bridgehead atoms. The first kappa shape index (κ1) is 25.6. The summed E-state index contributed by atoms with van der Waals surface area (Å²) >= 11 is 1.82. The van der Waals surface area contributed by atoms with E-state index in [1.54, 1.807) is 0 Å². The lowest BCUT2D eigenvalue weighted by molar-refractivity contribution is -0.116. The number of rotatable bonds is 7. The molecule has 1 heterocycles. The summed E-state index contributed by atoms with van der Waals surface area (Å²) in [6.07, 6.45) is 6.78. The van der Waals surface area contributed by atoms with E-state index in [9.17, 15) is 4.79 Å². The maximum Gasteiger partial charge on any atom is 0.226 e. The SMILES string of the molecule is CC(C)c1ccc(NC(=O)CC2CS/C(=N\C3CCCCC3)N2Cc2ccccc2)cc1.Cl. The molecule has 4 nitrogen and oxygen atoms in total. The second-order valence-electron chi connectivity index (χ2n) is 9.31. The molecule has 1 atom stereocenters. The number of hydrogen-bond acceptors (Lipinski definition) is 3. The lowest BCUT2D eigenvalue weighted by atomic mass is 9.96. The van der Waals surface area contributed by atoms with Crippen LogP contribution < -0.4 is 5.32 Å². The summed E-state index contributed by atoms with van der Waals surface area (Å²) in [5, 5.41) is 4.23. The number of halogens is 1. The number of carbonyl (C=O) groups is 1. The Kier molecular flexibility index (Phi) is 9.69. The summed E-state index contributed by atoms with van der Waals surface area (Å²) in [6, 6.07) is 19.4. The minimum atomic E-state index is 0. The fourth-order valence-corrected chi connectivity index (χ4v) is 5.74. The van der Waals surface area contributed by atoms with Crippen LogP contribution in [0.25, 0.3) is 0 Å². The maximum atomic E-state index is 12.9. The Morgan fingerprint density at radius 2 is 1.76 bits per heavy atom. The van der Waals surface area contributed by atoms with Crippen LogP contribution in [0.15, 0.2) is 59.6 Å². The van der Waals surface area contributed by atoms with E-state index in [2.05, 4.69) is 66.5 Å². The van der Waals surface area contributed by atoms with Gasteiger partial charge in [0.25, 0.3) is 0 Å². The first-order valence-electron chi connectivity index (χ1n) is 12.0. The number of nitrogens with zero attached hydrogens (tertiary/aromatic N) is 2. The third-order valence-corrected chi connectivity index (χ3v) is 7.59. The average Bonchev–Trinajstić information content (AvgIpc) is 3.16. The van der Waals surface area contributed by atoms with E-state index in [0.717, 1.165) is 23.2 Å². The summed E-state index contributed by atoms with van der Waals surface area (Å²) in [4.78, 5) is 20.4. The molecule has 4 rings (SSSR count). The van der Waals surface area contributed by atoms with Gasteiger partial charge in [-0.25, -0.2) is 0 Å². The highest BCUT2D eigenvalue weighted by Crippen LogP contribution is 2.31. The molecule has 1 saturated heterocycles. The van der Waals surface area contributed by atoms with Gasteiger partial charge in [0, 0.05) is 30.4 Å². The fraction of sp³-hybridized carbons (Fsp3) is 0.481. The van der Waals surface area contributed by atoms with Gasteiger partial charge in [-0.1, -0.05) is 87.3 Å². The van der Waals surface area contributed by atoms with E-state index < -0.39 is 0 Å². The van der Waals surface area contributed by atoms with Gasteiger partial charge >= 0.3 is 0 Å². The third-order valence-electron chi connectivity index (χ3n) is 6.44. The molecule has 0 spiro atoms. The number of amidine groups is 1. The van der Waals surface area contributed by atoms with Gasteiger partial charge in [0.05, 0.1) is 6.04 Å². The van der Waals surface area contributed by atoms with Crippen LogP contribution in [-0.4, -0.2) is 33.8 Å². The molecule has 0 aromatic heterocycles. The van der Waals surface area contributed by atoms with Crippen molar-refractivity contribution in [1.29, 1.82) is 0 Å². The fourth-order valence-electron chi connectivity index (χ4n) is 4.50. The molecule has 1 unspecified atom stereocenters. The second kappa shape index (κ2) is 12.5. The van der Waals surface area contributed by atoms with Crippen LogP contribution >= 0.6 is 24.2 Å². The monoisotopic (exact) mass is 485 g/mol. The molecule has 2 aromatic carbocycles. The van der Waals surface area contributed by atoms with Crippen LogP contribution in [0.4, 0.5) is 5.69 Å². The number of hydrogen-bond donors (Lipinski definition) is 1. The van der Waals surface area contributed by atoms with Crippen molar-refractivity contribution in [3.8, 4) is 0 Å². The zero-order chi connectivity index (χ0) is 22.3. The minimum Gasteiger partial charge on any atom is -0.343 e. The highest BCUT2D eigenvalue weighted by molar-refractivity contribution is 8.14. The van der Waals surface area contributed by atoms with Crippen LogP contribution in [-0.2, 0) is 11.3 Å². The number of benzene rings is 2. The zero-order valence-electron chi connectivity index (χ0n) is 19.7. The molecule has 1 N–H and O–H groups in total. The van der Waals surface area contributed by atoms with Crippen molar-refractivity contribution in [2.24, 2.45) is 4.99 Å². The first-order chi connectivity index (χ1) is 15.6. The summed E-state index contributed by atoms with van der Waals surface area (Å²) < 4.78 is 0. The molecule has 1 aliphatic carbocycles. The maximum absolute atomic E-state index is 12.9. The number of carbonyl (C=O) groups excluding carboxylic acids is 1. The summed E-state index contributed by atoms with van der Waals surface area (Å²) in [7, 11) is 0. The van der Waals surface area contributed by atoms with Crippen LogP contribution in [0.1, 0.15) is 69.4 Å². The zero-order valence-corrected chi connectivity index (χ0v) is 21.3. The van der Waals surface area contributed by atoms with Gasteiger partial charge in [0.2, 0.25) is 5.91 Å². The molecule has 2 fully saturated rings. The number of nitrogens with one attached hydrogen (secondary N) is 1. The number of anilines is 1. The molecule has 2 aliphatic rings. The van der Waals surface area contributed by atoms with Gasteiger partial charge in [-0.3, -0.25) is 9.79 Å². The van der Waals surface area contributed by atoms with Gasteiger partial charge in [-0.15, -0.1) is 12.4 Å². The number of aliphatic imine (C=N–C) groups is 1. The van der Waals surface area contributed by atoms with Crippen molar-refractivity contribution in [1.82, 2.24) is 4.90 Å². The molecular weight excluding hydrogens is 450 g/mol. The minimum absolute atomic E-state index is 0. The predicted octanol–water partition coefficient (Wildman–Crippen LogP) is 6.87. The van der Waals surface area contributed by atoms with E-state index >= 15 is 0 Å². The Labute approximate surface area is 209 Å². The van der Waals surface area contributed by atoms with E-state index in [-0.39, 0.29) is 24.4 Å². The van der Waals surface area contributed by atoms with Crippen LogP contribution in [0.3, 0.4) is 0 Å². The summed E-state index contributed by atoms with van der Waals surface area (Å²) in [5.74, 6) is 1.48. The van der Waals surface area contributed by atoms with Gasteiger partial charge in [-0.05, 0) is 42.0 Å². The Bertz CT molecular complexity index is 911. The summed E-state index contributed by atoms with van der Waals surface area (Å²) in [6.45, 7) is 5.17. The molecular formula is C27H36ClN3OS. The smallest absolute Gasteiger partial charge is 0.226 e. The molecule has 2 aromatic rings. The van der Waals surface area contributed by atoms with Gasteiger partial charge in [0.15, 0.2) is 5.17 Å². The van der Waals surface area contributed by atoms with E-state index in [1.807, 2.05) is 23.9 Å². The third kappa shape index (κ3) is 7.25. The van der Waals surface area contributed by atoms with E-state index in [0.29, 0.717) is 18.4 Å². The molecule has 33 heavy (non-hydrogen) atoms. The molecule has 6 heteroatoms. The van der Waals surface area contributed by atoms with Crippen molar-refractivity contribution in [3.05, 3.63) is 65.7 Å². The predicted molar refractivity (Wildman–Crippen MR) is 144 cm³/mol. The van der Waals surface area contributed by atoms with Gasteiger partial charge in [0.1, 0.15) is 0 Å². The Balaban J connectivity index is 0.00000306. The Hall–Kier alpha value is -1.98. The highest BCUT2D eigenvalue weighted by atomic mass is 35.5. The van der Waals surface area contributed by atoms with E-state index in [1.165, 1.54) is 43.2 Å². The van der Waals surface area contributed by atoms with Crippen molar-refractivity contribution in [2.75, 3.05) is 11.1 Å². The number of thioether (sulfide) groups is 1. The molecule has 1 amide bonds. The lowest BCUT2D eigenvalue weighted by Crippen LogP contribution is -2.37. The molecule has 178 valence electrons. The average molecular weight is 486 g/mol. The number of amides is 1. The van der Waals surface area contributed by atoms with Crippen molar-refractivity contribution in [3.63, 3.8) is 0 Å². The van der Waals surface area contributed by atoms with Gasteiger partial charge < -0.3 is 10.2 Å². The standard InChI is InChI=1S/C27H35N3OS.ClH/c1-20(2)22-13-15-24(16-14-22)28-26(31)17-25-19-32-27(29-23-11-7-4-8-12-23)30(25)18-21-9-5-3-6-10-21;/h3,5-6,9-10,13-16,20,23,25H,4,7-8,11-12,17-19H2,1-2H3,(H,28,31);1H/b29-27-;. The van der Waals surface area contributed by atoms with Crippen molar-refractivity contribution in [2.45, 2.75) is 76.9 Å². The first-order valence-corrected chi connectivity index (χ1v) is 13.0. The quantitative estimate of drug-likeness (QED) is 0.465. The second-order valence-corrected chi connectivity index (χ2v) is 10.3. The van der Waals surface area contributed by atoms with Crippen LogP contribution in [0.5, 0.6) is 0 Å². The van der Waals surface area contributed by atoms with Crippen molar-refractivity contribution < 1.29 is 4.79 Å². The molecule has 0 radical (unpaired) electrons.